The molecule has 1 aromatic heterocycles. The Labute approximate surface area is 172 Å². The van der Waals surface area contributed by atoms with Crippen LogP contribution in [0.25, 0.3) is 0 Å². The zero-order valence-corrected chi connectivity index (χ0v) is 17.3. The first-order chi connectivity index (χ1) is 14.2. The molecule has 3 N–H and O–H groups in total. The van der Waals surface area contributed by atoms with Crippen molar-refractivity contribution in [1.29, 1.82) is 0 Å². The van der Waals surface area contributed by atoms with Gasteiger partial charge in [-0.05, 0) is 18.2 Å². The Balaban J connectivity index is 1.64. The van der Waals surface area contributed by atoms with Crippen LogP contribution in [0.1, 0.15) is 11.3 Å². The smallest absolute Gasteiger partial charge is 0.128 e. The maximum atomic E-state index is 14.1. The van der Waals surface area contributed by atoms with Gasteiger partial charge in [-0.15, -0.1) is 0 Å². The minimum Gasteiger partial charge on any atom is -0.385 e. The van der Waals surface area contributed by atoms with E-state index in [0.29, 0.717) is 25.3 Å². The van der Waals surface area contributed by atoms with Crippen molar-refractivity contribution < 1.29 is 28.8 Å². The van der Waals surface area contributed by atoms with Crippen molar-refractivity contribution >= 4 is 0 Å². The van der Waals surface area contributed by atoms with E-state index in [1.54, 1.807) is 18.1 Å². The lowest BCUT2D eigenvalue weighted by Gasteiger charge is -2.27. The molecule has 2 atom stereocenters. The summed E-state index contributed by atoms with van der Waals surface area (Å²) in [7, 11) is 1.61. The third-order valence-corrected chi connectivity index (χ3v) is 5.57. The van der Waals surface area contributed by atoms with E-state index in [9.17, 15) is 9.50 Å². The van der Waals surface area contributed by atoms with Crippen molar-refractivity contribution in [3.8, 4) is 0 Å². The van der Waals surface area contributed by atoms with Gasteiger partial charge in [0.2, 0.25) is 0 Å². The second kappa shape index (κ2) is 11.4. The van der Waals surface area contributed by atoms with Gasteiger partial charge < -0.3 is 28.9 Å². The second-order valence-electron chi connectivity index (χ2n) is 7.82. The second-order valence-corrected chi connectivity index (χ2v) is 7.82. The highest BCUT2D eigenvalue weighted by atomic mass is 19.1. The Morgan fingerprint density at radius 1 is 1.24 bits per heavy atom. The summed E-state index contributed by atoms with van der Waals surface area (Å²) in [6.45, 7) is 7.99. The highest BCUT2D eigenvalue weighted by Crippen LogP contribution is 2.11. The van der Waals surface area contributed by atoms with Gasteiger partial charge in [0.25, 0.3) is 0 Å². The predicted octanol–water partition coefficient (Wildman–Crippen LogP) is -1.02. The number of nitrogens with one attached hydrogen (secondary N) is 2. The SMILES string of the molecule is COC[C@@H](O)C[NH+](CC[NH+]1CCOCC1)Cc1cccn1Cc1ccccc1F. The molecule has 0 bridgehead atoms. The summed E-state index contributed by atoms with van der Waals surface area (Å²) in [5.41, 5.74) is 1.83. The predicted molar refractivity (Wildman–Crippen MR) is 109 cm³/mol. The van der Waals surface area contributed by atoms with E-state index < -0.39 is 6.10 Å². The van der Waals surface area contributed by atoms with E-state index in [1.165, 1.54) is 11.0 Å². The molecule has 0 radical (unpaired) electrons. The number of aromatic nitrogens is 1. The van der Waals surface area contributed by atoms with E-state index in [1.807, 2.05) is 24.4 Å². The number of aliphatic hydroxyl groups excluding tert-OH is 1. The average Bonchev–Trinajstić information content (AvgIpc) is 3.15. The lowest BCUT2D eigenvalue weighted by molar-refractivity contribution is -0.969. The fraction of sp³-hybridized carbons (Fsp3) is 0.545. The first-order valence-electron chi connectivity index (χ1n) is 10.4. The number of benzene rings is 1. The summed E-state index contributed by atoms with van der Waals surface area (Å²) in [6, 6.07) is 11.0. The largest absolute Gasteiger partial charge is 0.385 e. The van der Waals surface area contributed by atoms with Crippen molar-refractivity contribution in [2.75, 3.05) is 59.7 Å². The molecular weight excluding hydrogens is 373 g/mol. The first-order valence-corrected chi connectivity index (χ1v) is 10.4. The molecule has 3 rings (SSSR count). The Hall–Kier alpha value is -1.77. The third kappa shape index (κ3) is 6.90. The van der Waals surface area contributed by atoms with Gasteiger partial charge in [0.1, 0.15) is 51.2 Å². The fourth-order valence-electron chi connectivity index (χ4n) is 3.94. The summed E-state index contributed by atoms with van der Waals surface area (Å²) in [4.78, 5) is 2.86. The number of rotatable bonds is 11. The van der Waals surface area contributed by atoms with Gasteiger partial charge in [-0.1, -0.05) is 18.2 Å². The van der Waals surface area contributed by atoms with Crippen molar-refractivity contribution in [3.05, 3.63) is 59.7 Å². The lowest BCUT2D eigenvalue weighted by Crippen LogP contribution is -3.21. The number of ether oxygens (including phenoxy) is 2. The van der Waals surface area contributed by atoms with Crippen molar-refractivity contribution in [2.45, 2.75) is 19.2 Å². The van der Waals surface area contributed by atoms with E-state index in [2.05, 4.69) is 10.6 Å². The van der Waals surface area contributed by atoms with Crippen LogP contribution < -0.4 is 9.80 Å². The van der Waals surface area contributed by atoms with Gasteiger partial charge in [-0.25, -0.2) is 4.39 Å². The Morgan fingerprint density at radius 2 is 2.03 bits per heavy atom. The summed E-state index contributed by atoms with van der Waals surface area (Å²) in [5, 5.41) is 10.3. The number of morpholine rings is 1. The first kappa shape index (κ1) is 21.9. The number of aliphatic hydroxyl groups is 1. The van der Waals surface area contributed by atoms with Crippen molar-refractivity contribution in [3.63, 3.8) is 0 Å². The molecule has 1 unspecified atom stereocenters. The molecule has 1 aliphatic heterocycles. The van der Waals surface area contributed by atoms with E-state index in [-0.39, 0.29) is 5.82 Å². The van der Waals surface area contributed by atoms with Crippen LogP contribution in [-0.2, 0) is 22.6 Å². The van der Waals surface area contributed by atoms with Gasteiger partial charge >= 0.3 is 0 Å². The van der Waals surface area contributed by atoms with Crippen LogP contribution in [0.15, 0.2) is 42.6 Å². The van der Waals surface area contributed by atoms with Crippen LogP contribution in [0.4, 0.5) is 4.39 Å². The average molecular weight is 408 g/mol. The third-order valence-electron chi connectivity index (χ3n) is 5.57. The molecule has 0 saturated carbocycles. The van der Waals surface area contributed by atoms with Crippen LogP contribution >= 0.6 is 0 Å². The number of quaternary nitrogens is 2. The molecule has 7 heteroatoms. The molecule has 29 heavy (non-hydrogen) atoms. The molecule has 0 aliphatic carbocycles. The summed E-state index contributed by atoms with van der Waals surface area (Å²) >= 11 is 0. The molecule has 1 aliphatic rings. The van der Waals surface area contributed by atoms with Gasteiger partial charge in [-0.2, -0.15) is 0 Å². The zero-order valence-electron chi connectivity index (χ0n) is 17.3. The van der Waals surface area contributed by atoms with Gasteiger partial charge in [0, 0.05) is 18.9 Å². The molecule has 2 aromatic rings. The van der Waals surface area contributed by atoms with Crippen LogP contribution in [0.2, 0.25) is 0 Å². The monoisotopic (exact) mass is 407 g/mol. The Bertz CT molecular complexity index is 734. The highest BCUT2D eigenvalue weighted by Gasteiger charge is 2.21. The quantitative estimate of drug-likeness (QED) is 0.447. The summed E-state index contributed by atoms with van der Waals surface area (Å²) < 4.78 is 26.8. The van der Waals surface area contributed by atoms with E-state index in [4.69, 9.17) is 9.47 Å². The van der Waals surface area contributed by atoms with Crippen LogP contribution in [0, 0.1) is 5.82 Å². The van der Waals surface area contributed by atoms with Gasteiger partial charge in [0.15, 0.2) is 0 Å². The molecule has 0 spiro atoms. The van der Waals surface area contributed by atoms with E-state index >= 15 is 0 Å². The molecule has 6 nitrogen and oxygen atoms in total. The number of halogens is 1. The number of methoxy groups -OCH3 is 1. The maximum Gasteiger partial charge on any atom is 0.128 e. The number of hydrogen-bond donors (Lipinski definition) is 3. The number of hydrogen-bond acceptors (Lipinski definition) is 3. The maximum absolute atomic E-state index is 14.1. The minimum atomic E-state index is -0.496. The Morgan fingerprint density at radius 3 is 2.79 bits per heavy atom. The molecule has 160 valence electrons. The zero-order chi connectivity index (χ0) is 20.5. The van der Waals surface area contributed by atoms with Crippen LogP contribution in [-0.4, -0.2) is 75.4 Å². The van der Waals surface area contributed by atoms with Crippen molar-refractivity contribution in [1.82, 2.24) is 4.57 Å². The standard InChI is InChI=1S/C22H32FN3O3/c1-28-18-21(27)17-25(10-9-24-11-13-29-14-12-24)16-20-6-4-8-26(20)15-19-5-2-3-7-22(19)23/h2-8,21,27H,9-18H2,1H3/p+2/t21-/m0/s1. The summed E-state index contributed by atoms with van der Waals surface area (Å²) in [5.74, 6) is -0.178. The topological polar surface area (TPSA) is 52.5 Å². The van der Waals surface area contributed by atoms with Crippen LogP contribution in [0.5, 0.6) is 0 Å². The fourth-order valence-corrected chi connectivity index (χ4v) is 3.94. The molecule has 0 amide bonds. The van der Waals surface area contributed by atoms with Crippen LogP contribution in [0.3, 0.4) is 0 Å². The molecule has 1 fully saturated rings. The Kier molecular flexibility index (Phi) is 8.64. The molecular formula is C22H34FN3O3+2. The normalized spacial score (nSPS) is 17.3. The summed E-state index contributed by atoms with van der Waals surface area (Å²) in [6.07, 6.45) is 1.50. The van der Waals surface area contributed by atoms with E-state index in [0.717, 1.165) is 51.6 Å². The van der Waals surface area contributed by atoms with Gasteiger partial charge in [-0.3, -0.25) is 0 Å². The lowest BCUT2D eigenvalue weighted by atomic mass is 10.2. The van der Waals surface area contributed by atoms with Gasteiger partial charge in [0.05, 0.1) is 32.1 Å². The highest BCUT2D eigenvalue weighted by molar-refractivity contribution is 5.19. The molecule has 1 aromatic carbocycles. The minimum absolute atomic E-state index is 0.178. The number of nitrogens with zero attached hydrogens (tertiary/aromatic N) is 1. The molecule has 2 heterocycles. The molecule has 1 saturated heterocycles. The van der Waals surface area contributed by atoms with Crippen molar-refractivity contribution in [2.24, 2.45) is 0 Å².